The molecule has 0 saturated carbocycles. The minimum Gasteiger partial charge on any atom is -0.449 e. The van der Waals surface area contributed by atoms with Crippen molar-refractivity contribution in [1.82, 2.24) is 14.8 Å². The van der Waals surface area contributed by atoms with Gasteiger partial charge in [-0.1, -0.05) is 42.8 Å². The molecule has 3 aromatic rings. The van der Waals surface area contributed by atoms with E-state index in [0.717, 1.165) is 22.9 Å². The Balaban J connectivity index is 1.54. The average Bonchev–Trinajstić information content (AvgIpc) is 2.86. The molecule has 0 bridgehead atoms. The second-order valence-corrected chi connectivity index (χ2v) is 8.38. The fourth-order valence-electron chi connectivity index (χ4n) is 3.85. The molecule has 8 heteroatoms. The Morgan fingerprint density at radius 2 is 1.82 bits per heavy atom. The molecule has 4 rings (SSSR count). The molecular formula is C25H26ClN3O4. The number of rotatable bonds is 5. The van der Waals surface area contributed by atoms with Crippen molar-refractivity contribution in [2.24, 2.45) is 0 Å². The van der Waals surface area contributed by atoms with E-state index >= 15 is 0 Å². The van der Waals surface area contributed by atoms with Crippen molar-refractivity contribution < 1.29 is 19.4 Å². The molecule has 2 heterocycles. The van der Waals surface area contributed by atoms with Crippen LogP contribution < -0.4 is 0 Å². The average molecular weight is 468 g/mol. The van der Waals surface area contributed by atoms with E-state index in [4.69, 9.17) is 21.3 Å². The first-order chi connectivity index (χ1) is 16.0. The maximum absolute atomic E-state index is 13.1. The zero-order valence-electron chi connectivity index (χ0n) is 18.5. The smallest absolute Gasteiger partial charge is 0.409 e. The van der Waals surface area contributed by atoms with Crippen LogP contribution >= 0.6 is 11.6 Å². The number of pyridine rings is 1. The topological polar surface area (TPSA) is 83.0 Å². The van der Waals surface area contributed by atoms with E-state index in [-0.39, 0.29) is 18.6 Å². The van der Waals surface area contributed by atoms with Crippen LogP contribution in [0.5, 0.6) is 0 Å². The predicted octanol–water partition coefficient (Wildman–Crippen LogP) is 4.35. The lowest BCUT2D eigenvalue weighted by Gasteiger charge is -2.34. The summed E-state index contributed by atoms with van der Waals surface area (Å²) in [7, 11) is 0. The highest BCUT2D eigenvalue weighted by molar-refractivity contribution is 6.35. The lowest BCUT2D eigenvalue weighted by molar-refractivity contribution is 0.0560. The monoisotopic (exact) mass is 467 g/mol. The van der Waals surface area contributed by atoms with Crippen LogP contribution in [-0.2, 0) is 11.3 Å². The molecule has 7 nitrogen and oxygen atoms in total. The summed E-state index contributed by atoms with van der Waals surface area (Å²) < 4.78 is 5.18. The van der Waals surface area contributed by atoms with E-state index in [2.05, 4.69) is 0 Å². The van der Waals surface area contributed by atoms with Crippen LogP contribution in [0.25, 0.3) is 22.2 Å². The van der Waals surface area contributed by atoms with Crippen LogP contribution in [0.15, 0.2) is 48.5 Å². The van der Waals surface area contributed by atoms with E-state index in [9.17, 15) is 14.7 Å². The Morgan fingerprint density at radius 1 is 1.06 bits per heavy atom. The van der Waals surface area contributed by atoms with Gasteiger partial charge in [0, 0.05) is 42.7 Å². The largest absolute Gasteiger partial charge is 0.449 e. The number of aromatic nitrogens is 1. The molecule has 0 atom stereocenters. The zero-order chi connectivity index (χ0) is 23.4. The van der Waals surface area contributed by atoms with Gasteiger partial charge in [-0.05, 0) is 36.2 Å². The van der Waals surface area contributed by atoms with E-state index in [1.807, 2.05) is 37.3 Å². The third-order valence-corrected chi connectivity index (χ3v) is 5.98. The van der Waals surface area contributed by atoms with Crippen LogP contribution in [0.3, 0.4) is 0 Å². The van der Waals surface area contributed by atoms with E-state index < -0.39 is 0 Å². The van der Waals surface area contributed by atoms with Crippen LogP contribution in [0.4, 0.5) is 4.79 Å². The van der Waals surface area contributed by atoms with Gasteiger partial charge in [-0.15, -0.1) is 0 Å². The first-order valence-corrected chi connectivity index (χ1v) is 11.4. The molecule has 0 radical (unpaired) electrons. The normalized spacial score (nSPS) is 13.9. The van der Waals surface area contributed by atoms with Gasteiger partial charge in [-0.3, -0.25) is 4.79 Å². The minimum absolute atomic E-state index is 0.0581. The quantitative estimate of drug-likeness (QED) is 0.603. The maximum atomic E-state index is 13.1. The number of ether oxygens (including phenoxy) is 1. The molecule has 2 aromatic carbocycles. The van der Waals surface area contributed by atoms with Gasteiger partial charge in [0.2, 0.25) is 0 Å². The number of hydrogen-bond donors (Lipinski definition) is 1. The fraction of sp³-hybridized carbons (Fsp3) is 0.320. The van der Waals surface area contributed by atoms with Crippen LogP contribution in [0.1, 0.15) is 29.3 Å². The molecule has 0 aliphatic carbocycles. The first kappa shape index (κ1) is 23.0. The summed E-state index contributed by atoms with van der Waals surface area (Å²) in [6.07, 6.45) is 0.449. The SMILES string of the molecule is CCCOC(=O)N1CCN(C(=O)c2ccc3c(Cl)cc(-c4cccc(CO)c4)nc3c2)CC1. The highest BCUT2D eigenvalue weighted by Crippen LogP contribution is 2.29. The van der Waals surface area contributed by atoms with Crippen molar-refractivity contribution in [1.29, 1.82) is 0 Å². The van der Waals surface area contributed by atoms with Crippen molar-refractivity contribution in [2.45, 2.75) is 20.0 Å². The summed E-state index contributed by atoms with van der Waals surface area (Å²) in [5.41, 5.74) is 3.45. The number of benzene rings is 2. The summed E-state index contributed by atoms with van der Waals surface area (Å²) >= 11 is 6.51. The minimum atomic E-state index is -0.328. The van der Waals surface area contributed by atoms with Crippen LogP contribution in [0.2, 0.25) is 5.02 Å². The number of hydrogen-bond acceptors (Lipinski definition) is 5. The Bertz CT molecular complexity index is 1180. The van der Waals surface area contributed by atoms with E-state index in [1.54, 1.807) is 28.0 Å². The number of fused-ring (bicyclic) bond motifs is 1. The van der Waals surface area contributed by atoms with Gasteiger partial charge in [0.15, 0.2) is 0 Å². The summed E-state index contributed by atoms with van der Waals surface area (Å²) in [4.78, 5) is 33.3. The van der Waals surface area contributed by atoms with Crippen molar-refractivity contribution in [3.8, 4) is 11.3 Å². The number of halogens is 1. The number of aliphatic hydroxyl groups excluding tert-OH is 1. The Hall–Kier alpha value is -3.16. The summed E-state index contributed by atoms with van der Waals surface area (Å²) in [6, 6.07) is 14.6. The molecular weight excluding hydrogens is 442 g/mol. The molecule has 1 fully saturated rings. The van der Waals surface area contributed by atoms with E-state index in [0.29, 0.717) is 54.6 Å². The number of nitrogens with zero attached hydrogens (tertiary/aromatic N) is 3. The second-order valence-electron chi connectivity index (χ2n) is 7.97. The highest BCUT2D eigenvalue weighted by Gasteiger charge is 2.26. The molecule has 2 amide bonds. The second kappa shape index (κ2) is 10.2. The molecule has 0 unspecified atom stereocenters. The lowest BCUT2D eigenvalue weighted by atomic mass is 10.1. The molecule has 1 saturated heterocycles. The number of piperazine rings is 1. The zero-order valence-corrected chi connectivity index (χ0v) is 19.2. The molecule has 172 valence electrons. The summed E-state index contributed by atoms with van der Waals surface area (Å²) in [5, 5.41) is 10.7. The van der Waals surface area contributed by atoms with E-state index in [1.165, 1.54) is 0 Å². The lowest BCUT2D eigenvalue weighted by Crippen LogP contribution is -2.50. The van der Waals surface area contributed by atoms with Gasteiger partial charge >= 0.3 is 6.09 Å². The number of carbonyl (C=O) groups is 2. The van der Waals surface area contributed by atoms with Gasteiger partial charge in [-0.2, -0.15) is 0 Å². The van der Waals surface area contributed by atoms with Gasteiger partial charge in [0.25, 0.3) is 5.91 Å². The third kappa shape index (κ3) is 5.10. The van der Waals surface area contributed by atoms with Crippen molar-refractivity contribution in [2.75, 3.05) is 32.8 Å². The summed E-state index contributed by atoms with van der Waals surface area (Å²) in [5.74, 6) is -0.107. The highest BCUT2D eigenvalue weighted by atomic mass is 35.5. The molecule has 1 aliphatic heterocycles. The first-order valence-electron chi connectivity index (χ1n) is 11.0. The fourth-order valence-corrected chi connectivity index (χ4v) is 4.11. The standard InChI is InChI=1S/C25H26ClN3O4/c1-2-12-33-25(32)29-10-8-28(9-11-29)24(31)19-6-7-20-21(26)15-22(27-23(20)14-19)18-5-3-4-17(13-18)16-30/h3-7,13-15,30H,2,8-12,16H2,1H3. The number of aliphatic hydroxyl groups is 1. The predicted molar refractivity (Wildman–Crippen MR) is 127 cm³/mol. The Morgan fingerprint density at radius 3 is 2.55 bits per heavy atom. The van der Waals surface area contributed by atoms with Gasteiger partial charge in [0.05, 0.1) is 29.4 Å². The molecule has 0 spiro atoms. The van der Waals surface area contributed by atoms with Gasteiger partial charge < -0.3 is 19.6 Å². The van der Waals surface area contributed by atoms with Crippen molar-refractivity contribution >= 4 is 34.5 Å². The molecule has 33 heavy (non-hydrogen) atoms. The molecule has 1 aliphatic rings. The van der Waals surface area contributed by atoms with Gasteiger partial charge in [-0.25, -0.2) is 9.78 Å². The maximum Gasteiger partial charge on any atom is 0.409 e. The van der Waals surface area contributed by atoms with Crippen LogP contribution in [0, 0.1) is 0 Å². The van der Waals surface area contributed by atoms with Crippen molar-refractivity contribution in [3.05, 3.63) is 64.7 Å². The third-order valence-electron chi connectivity index (χ3n) is 5.67. The number of carbonyl (C=O) groups excluding carboxylic acids is 2. The van der Waals surface area contributed by atoms with Crippen LogP contribution in [-0.4, -0.2) is 64.7 Å². The molecule has 1 N–H and O–H groups in total. The Kier molecular flexibility index (Phi) is 7.11. The summed E-state index contributed by atoms with van der Waals surface area (Å²) in [6.45, 7) is 4.06. The van der Waals surface area contributed by atoms with Crippen molar-refractivity contribution in [3.63, 3.8) is 0 Å². The molecule has 1 aromatic heterocycles. The number of amides is 2. The Labute approximate surface area is 197 Å². The van der Waals surface area contributed by atoms with Gasteiger partial charge in [0.1, 0.15) is 0 Å².